The van der Waals surface area contributed by atoms with Crippen molar-refractivity contribution in [1.29, 1.82) is 0 Å². The summed E-state index contributed by atoms with van der Waals surface area (Å²) in [4.78, 5) is 4.58. The number of hydrogen-bond donors (Lipinski definition) is 1. The first kappa shape index (κ1) is 12.3. The third-order valence-electron chi connectivity index (χ3n) is 3.43. The molecule has 0 radical (unpaired) electrons. The van der Waals surface area contributed by atoms with Gasteiger partial charge in [-0.15, -0.1) is 0 Å². The Morgan fingerprint density at radius 3 is 2.59 bits per heavy atom. The number of allylic oxidation sites excluding steroid dienone is 1. The van der Waals surface area contributed by atoms with Gasteiger partial charge in [-0.25, -0.2) is 4.89 Å². The second kappa shape index (κ2) is 5.48. The molecule has 0 aromatic heterocycles. The smallest absolute Gasteiger partial charge is 0.0983 e. The summed E-state index contributed by atoms with van der Waals surface area (Å²) in [6.07, 6.45) is 5.47. The summed E-state index contributed by atoms with van der Waals surface area (Å²) in [5.41, 5.74) is 1.23. The predicted molar refractivity (Wildman–Crippen MR) is 69.4 cm³/mol. The lowest BCUT2D eigenvalue weighted by atomic mass is 10.0. The average molecular weight is 232 g/mol. The first-order valence-electron chi connectivity index (χ1n) is 6.26. The topological polar surface area (TPSA) is 29.5 Å². The molecule has 1 aliphatic carbocycles. The third kappa shape index (κ3) is 3.18. The molecule has 1 aliphatic rings. The molecule has 1 saturated carbocycles. The zero-order valence-corrected chi connectivity index (χ0v) is 10.4. The normalized spacial score (nSPS) is 25.4. The maximum atomic E-state index is 8.89. The van der Waals surface area contributed by atoms with Gasteiger partial charge in [0.15, 0.2) is 0 Å². The molecular weight excluding hydrogens is 212 g/mol. The van der Waals surface area contributed by atoms with Gasteiger partial charge in [0.25, 0.3) is 0 Å². The molecular formula is C15H20O2. The second-order valence-electron chi connectivity index (χ2n) is 5.15. The van der Waals surface area contributed by atoms with Crippen molar-refractivity contribution >= 4 is 6.08 Å². The zero-order chi connectivity index (χ0) is 12.3. The van der Waals surface area contributed by atoms with Crippen LogP contribution >= 0.6 is 0 Å². The molecule has 2 nitrogen and oxygen atoms in total. The minimum Gasteiger partial charge on any atom is -0.252 e. The van der Waals surface area contributed by atoms with Gasteiger partial charge in [-0.2, -0.15) is 0 Å². The van der Waals surface area contributed by atoms with Crippen LogP contribution in [-0.4, -0.2) is 11.4 Å². The fraction of sp³-hybridized carbons (Fsp3) is 0.467. The van der Waals surface area contributed by atoms with E-state index in [0.29, 0.717) is 17.8 Å². The molecule has 1 N–H and O–H groups in total. The molecule has 1 fully saturated rings. The fourth-order valence-electron chi connectivity index (χ4n) is 2.33. The summed E-state index contributed by atoms with van der Waals surface area (Å²) in [5, 5.41) is 8.89. The largest absolute Gasteiger partial charge is 0.252 e. The van der Waals surface area contributed by atoms with Gasteiger partial charge in [0.1, 0.15) is 0 Å². The van der Waals surface area contributed by atoms with Gasteiger partial charge in [-0.3, -0.25) is 5.26 Å². The van der Waals surface area contributed by atoms with E-state index in [1.54, 1.807) is 0 Å². The van der Waals surface area contributed by atoms with E-state index in [9.17, 15) is 0 Å². The van der Waals surface area contributed by atoms with E-state index in [1.807, 2.05) is 18.2 Å². The Morgan fingerprint density at radius 1 is 1.29 bits per heavy atom. The summed E-state index contributed by atoms with van der Waals surface area (Å²) in [6, 6.07) is 10.3. The summed E-state index contributed by atoms with van der Waals surface area (Å²) >= 11 is 0. The van der Waals surface area contributed by atoms with Crippen molar-refractivity contribution in [3.8, 4) is 0 Å². The van der Waals surface area contributed by atoms with Crippen LogP contribution in [0.2, 0.25) is 0 Å². The van der Waals surface area contributed by atoms with Crippen molar-refractivity contribution in [2.75, 3.05) is 0 Å². The van der Waals surface area contributed by atoms with Gasteiger partial charge >= 0.3 is 0 Å². The molecule has 1 aromatic carbocycles. The standard InChI is InChI=1S/C15H20O2/c1-11(2)15(17-16)14-10-13(14)9-8-12-6-4-3-5-7-12/h3-9,11,13-16H,10H2,1-2H3/b9-8+. The highest BCUT2D eigenvalue weighted by atomic mass is 17.1. The lowest BCUT2D eigenvalue weighted by Crippen LogP contribution is -2.21. The van der Waals surface area contributed by atoms with Crippen molar-refractivity contribution in [2.24, 2.45) is 17.8 Å². The van der Waals surface area contributed by atoms with E-state index in [1.165, 1.54) is 5.56 Å². The number of rotatable bonds is 5. The van der Waals surface area contributed by atoms with Gasteiger partial charge in [-0.1, -0.05) is 56.3 Å². The molecule has 2 heteroatoms. The molecule has 1 aromatic rings. The second-order valence-corrected chi connectivity index (χ2v) is 5.15. The lowest BCUT2D eigenvalue weighted by molar-refractivity contribution is -0.293. The Hall–Kier alpha value is -1.12. The van der Waals surface area contributed by atoms with Crippen molar-refractivity contribution in [2.45, 2.75) is 26.4 Å². The van der Waals surface area contributed by atoms with E-state index in [4.69, 9.17) is 5.26 Å². The van der Waals surface area contributed by atoms with Crippen LogP contribution in [0.1, 0.15) is 25.8 Å². The van der Waals surface area contributed by atoms with Gasteiger partial charge in [0, 0.05) is 0 Å². The number of benzene rings is 1. The third-order valence-corrected chi connectivity index (χ3v) is 3.43. The molecule has 3 unspecified atom stereocenters. The van der Waals surface area contributed by atoms with Gasteiger partial charge in [0.2, 0.25) is 0 Å². The van der Waals surface area contributed by atoms with Crippen molar-refractivity contribution in [1.82, 2.24) is 0 Å². The minimum absolute atomic E-state index is 0.0274. The molecule has 0 aliphatic heterocycles. The van der Waals surface area contributed by atoms with Crippen molar-refractivity contribution in [3.63, 3.8) is 0 Å². The summed E-state index contributed by atoms with van der Waals surface area (Å²) in [6.45, 7) is 4.16. The molecule has 0 amide bonds. The van der Waals surface area contributed by atoms with Crippen LogP contribution in [0.5, 0.6) is 0 Å². The summed E-state index contributed by atoms with van der Waals surface area (Å²) in [5.74, 6) is 1.38. The van der Waals surface area contributed by atoms with Crippen LogP contribution in [0.4, 0.5) is 0 Å². The van der Waals surface area contributed by atoms with E-state index >= 15 is 0 Å². The first-order chi connectivity index (χ1) is 8.22. The quantitative estimate of drug-likeness (QED) is 0.617. The minimum atomic E-state index is -0.0274. The average Bonchev–Trinajstić information content (AvgIpc) is 3.08. The van der Waals surface area contributed by atoms with Crippen LogP contribution in [0.3, 0.4) is 0 Å². The molecule has 0 heterocycles. The van der Waals surface area contributed by atoms with E-state index in [2.05, 4.69) is 43.0 Å². The maximum absolute atomic E-state index is 8.89. The fourth-order valence-corrected chi connectivity index (χ4v) is 2.33. The molecule has 92 valence electrons. The van der Waals surface area contributed by atoms with Crippen LogP contribution in [0.25, 0.3) is 6.08 Å². The van der Waals surface area contributed by atoms with Crippen LogP contribution in [0.15, 0.2) is 36.4 Å². The van der Waals surface area contributed by atoms with Gasteiger partial charge in [-0.05, 0) is 29.7 Å². The summed E-state index contributed by atoms with van der Waals surface area (Å²) in [7, 11) is 0. The summed E-state index contributed by atoms with van der Waals surface area (Å²) < 4.78 is 0. The highest BCUT2D eigenvalue weighted by Crippen LogP contribution is 2.45. The number of hydrogen-bond acceptors (Lipinski definition) is 2. The van der Waals surface area contributed by atoms with E-state index in [-0.39, 0.29) is 6.10 Å². The zero-order valence-electron chi connectivity index (χ0n) is 10.4. The molecule has 17 heavy (non-hydrogen) atoms. The molecule has 2 rings (SSSR count). The predicted octanol–water partition coefficient (Wildman–Crippen LogP) is 3.85. The van der Waals surface area contributed by atoms with Crippen LogP contribution < -0.4 is 0 Å². The Kier molecular flexibility index (Phi) is 3.97. The van der Waals surface area contributed by atoms with Crippen LogP contribution in [0, 0.1) is 17.8 Å². The van der Waals surface area contributed by atoms with Gasteiger partial charge in [0.05, 0.1) is 6.10 Å². The van der Waals surface area contributed by atoms with Gasteiger partial charge < -0.3 is 0 Å². The molecule has 0 bridgehead atoms. The Balaban J connectivity index is 1.89. The SMILES string of the molecule is CC(C)C(OO)C1CC1/C=C/c1ccccc1. The van der Waals surface area contributed by atoms with Crippen LogP contribution in [-0.2, 0) is 4.89 Å². The molecule has 3 atom stereocenters. The highest BCUT2D eigenvalue weighted by molar-refractivity contribution is 5.49. The molecule has 0 saturated heterocycles. The highest BCUT2D eigenvalue weighted by Gasteiger charge is 2.43. The van der Waals surface area contributed by atoms with Crippen molar-refractivity contribution in [3.05, 3.63) is 42.0 Å². The van der Waals surface area contributed by atoms with E-state index in [0.717, 1.165) is 6.42 Å². The van der Waals surface area contributed by atoms with Crippen molar-refractivity contribution < 1.29 is 10.1 Å². The maximum Gasteiger partial charge on any atom is 0.0983 e. The monoisotopic (exact) mass is 232 g/mol. The Bertz CT molecular complexity index is 370. The Labute approximate surface area is 103 Å². The Morgan fingerprint density at radius 2 is 2.00 bits per heavy atom. The molecule has 0 spiro atoms. The lowest BCUT2D eigenvalue weighted by Gasteiger charge is -2.16. The van der Waals surface area contributed by atoms with E-state index < -0.39 is 0 Å². The first-order valence-corrected chi connectivity index (χ1v) is 6.26.